The predicted molar refractivity (Wildman–Crippen MR) is 129 cm³/mol. The summed E-state index contributed by atoms with van der Waals surface area (Å²) in [6.07, 6.45) is 5.31. The lowest BCUT2D eigenvalue weighted by molar-refractivity contribution is -0.122. The molecule has 0 bridgehead atoms. The van der Waals surface area contributed by atoms with Crippen molar-refractivity contribution in [1.29, 1.82) is 0 Å². The molecule has 166 valence electrons. The van der Waals surface area contributed by atoms with E-state index in [1.165, 1.54) is 16.7 Å². The number of aromatic nitrogens is 1. The maximum Gasteiger partial charge on any atom is 0.220 e. The van der Waals surface area contributed by atoms with E-state index in [1.807, 2.05) is 42.6 Å². The molecule has 4 rings (SSSR count). The van der Waals surface area contributed by atoms with E-state index in [0.29, 0.717) is 12.3 Å². The summed E-state index contributed by atoms with van der Waals surface area (Å²) < 4.78 is 0. The van der Waals surface area contributed by atoms with Gasteiger partial charge in [0.2, 0.25) is 5.91 Å². The molecule has 1 aliphatic heterocycles. The number of piperidine rings is 1. The first kappa shape index (κ1) is 22.2. The number of hydrogen-bond acceptors (Lipinski definition) is 3. The monoisotopic (exact) mass is 427 g/mol. The van der Waals surface area contributed by atoms with Crippen LogP contribution >= 0.6 is 0 Å². The molecule has 2 aromatic carbocycles. The Morgan fingerprint density at radius 2 is 1.88 bits per heavy atom. The van der Waals surface area contributed by atoms with E-state index in [2.05, 4.69) is 58.5 Å². The SMILES string of the molecule is Cc1cccc(CN2CCC[C@H]([C@@H](NC(=O)CCc3ccccc3)c3ccccn3)C2)c1. The zero-order valence-corrected chi connectivity index (χ0v) is 18.9. The Morgan fingerprint density at radius 1 is 1.06 bits per heavy atom. The minimum absolute atomic E-state index is 0.0558. The molecule has 1 aromatic heterocycles. The van der Waals surface area contributed by atoms with Gasteiger partial charge in [0.05, 0.1) is 11.7 Å². The molecule has 4 nitrogen and oxygen atoms in total. The molecule has 1 N–H and O–H groups in total. The third-order valence-corrected chi connectivity index (χ3v) is 6.31. The average molecular weight is 428 g/mol. The van der Waals surface area contributed by atoms with Gasteiger partial charge in [-0.1, -0.05) is 66.2 Å². The summed E-state index contributed by atoms with van der Waals surface area (Å²) in [5.74, 6) is 0.449. The fraction of sp³-hybridized carbons (Fsp3) is 0.357. The fourth-order valence-corrected chi connectivity index (χ4v) is 4.72. The maximum absolute atomic E-state index is 12.9. The summed E-state index contributed by atoms with van der Waals surface area (Å²) in [6.45, 7) is 5.16. The van der Waals surface area contributed by atoms with Crippen LogP contribution < -0.4 is 5.32 Å². The number of amides is 1. The van der Waals surface area contributed by atoms with Gasteiger partial charge in [0, 0.05) is 25.7 Å². The molecule has 3 aromatic rings. The molecule has 2 atom stereocenters. The number of hydrogen-bond donors (Lipinski definition) is 1. The lowest BCUT2D eigenvalue weighted by Crippen LogP contribution is -2.43. The van der Waals surface area contributed by atoms with Crippen molar-refractivity contribution in [2.45, 2.75) is 45.2 Å². The molecule has 0 spiro atoms. The second kappa shape index (κ2) is 11.1. The number of nitrogens with one attached hydrogen (secondary N) is 1. The highest BCUT2D eigenvalue weighted by Crippen LogP contribution is 2.30. The first-order valence-corrected chi connectivity index (χ1v) is 11.7. The zero-order chi connectivity index (χ0) is 22.2. The Balaban J connectivity index is 1.43. The van der Waals surface area contributed by atoms with Gasteiger partial charge in [0.1, 0.15) is 0 Å². The minimum Gasteiger partial charge on any atom is -0.347 e. The van der Waals surface area contributed by atoms with Crippen molar-refractivity contribution in [2.75, 3.05) is 13.1 Å². The standard InChI is InChI=1S/C28H33N3O/c1-22-9-7-12-24(19-22)20-31-18-8-13-25(21-31)28(26-14-5-6-17-29-26)30-27(32)16-15-23-10-3-2-4-11-23/h2-7,9-12,14,17,19,25,28H,8,13,15-16,18,20-21H2,1H3,(H,30,32)/t25-,28+/m0/s1. The van der Waals surface area contributed by atoms with Crippen molar-refractivity contribution >= 4 is 5.91 Å². The number of aryl methyl sites for hydroxylation is 2. The smallest absolute Gasteiger partial charge is 0.220 e. The summed E-state index contributed by atoms with van der Waals surface area (Å²) in [6, 6.07) is 24.9. The highest BCUT2D eigenvalue weighted by atomic mass is 16.1. The van der Waals surface area contributed by atoms with Crippen LogP contribution in [0.1, 0.15) is 47.7 Å². The highest BCUT2D eigenvalue weighted by molar-refractivity contribution is 5.76. The van der Waals surface area contributed by atoms with Crippen molar-refractivity contribution in [2.24, 2.45) is 5.92 Å². The minimum atomic E-state index is -0.0558. The van der Waals surface area contributed by atoms with Crippen LogP contribution in [0.4, 0.5) is 0 Å². The lowest BCUT2D eigenvalue weighted by Gasteiger charge is -2.37. The van der Waals surface area contributed by atoms with E-state index in [1.54, 1.807) is 0 Å². The molecule has 1 fully saturated rings. The van der Waals surface area contributed by atoms with E-state index in [-0.39, 0.29) is 11.9 Å². The molecule has 1 amide bonds. The van der Waals surface area contributed by atoms with Gasteiger partial charge in [-0.15, -0.1) is 0 Å². The first-order valence-electron chi connectivity index (χ1n) is 11.7. The summed E-state index contributed by atoms with van der Waals surface area (Å²) >= 11 is 0. The molecule has 0 unspecified atom stereocenters. The second-order valence-corrected chi connectivity index (χ2v) is 8.91. The van der Waals surface area contributed by atoms with Crippen LogP contribution in [0, 0.1) is 12.8 Å². The van der Waals surface area contributed by atoms with Gasteiger partial charge in [0.25, 0.3) is 0 Å². The van der Waals surface area contributed by atoms with Gasteiger partial charge in [-0.2, -0.15) is 0 Å². The molecule has 0 radical (unpaired) electrons. The van der Waals surface area contributed by atoms with Crippen molar-refractivity contribution in [3.05, 3.63) is 101 Å². The Hall–Kier alpha value is -2.98. The quantitative estimate of drug-likeness (QED) is 0.544. The second-order valence-electron chi connectivity index (χ2n) is 8.91. The molecule has 2 heterocycles. The van der Waals surface area contributed by atoms with Crippen LogP contribution in [0.3, 0.4) is 0 Å². The first-order chi connectivity index (χ1) is 15.7. The van der Waals surface area contributed by atoms with Crippen LogP contribution in [-0.4, -0.2) is 28.9 Å². The Labute approximate surface area is 191 Å². The summed E-state index contributed by atoms with van der Waals surface area (Å²) in [7, 11) is 0. The molecule has 1 aliphatic rings. The van der Waals surface area contributed by atoms with Gasteiger partial charge >= 0.3 is 0 Å². The van der Waals surface area contributed by atoms with Crippen molar-refractivity contribution in [3.63, 3.8) is 0 Å². The van der Waals surface area contributed by atoms with Crippen LogP contribution in [0.15, 0.2) is 79.0 Å². The molecule has 4 heteroatoms. The van der Waals surface area contributed by atoms with Crippen LogP contribution in [0.25, 0.3) is 0 Å². The van der Waals surface area contributed by atoms with E-state index < -0.39 is 0 Å². The summed E-state index contributed by atoms with van der Waals surface area (Å²) in [5.41, 5.74) is 4.81. The van der Waals surface area contributed by atoms with E-state index in [0.717, 1.165) is 44.6 Å². The maximum atomic E-state index is 12.9. The zero-order valence-electron chi connectivity index (χ0n) is 18.9. The number of nitrogens with zero attached hydrogens (tertiary/aromatic N) is 2. The van der Waals surface area contributed by atoms with Crippen molar-refractivity contribution in [1.82, 2.24) is 15.2 Å². The largest absolute Gasteiger partial charge is 0.347 e. The van der Waals surface area contributed by atoms with E-state index in [4.69, 9.17) is 0 Å². The fourth-order valence-electron chi connectivity index (χ4n) is 4.72. The van der Waals surface area contributed by atoms with Gasteiger partial charge in [-0.25, -0.2) is 0 Å². The van der Waals surface area contributed by atoms with Gasteiger partial charge < -0.3 is 5.32 Å². The molecule has 0 aliphatic carbocycles. The van der Waals surface area contributed by atoms with Crippen molar-refractivity contribution in [3.8, 4) is 0 Å². The summed E-state index contributed by atoms with van der Waals surface area (Å²) in [4.78, 5) is 20.0. The van der Waals surface area contributed by atoms with Crippen LogP contribution in [0.2, 0.25) is 0 Å². The Bertz CT molecular complexity index is 990. The number of likely N-dealkylation sites (tertiary alicyclic amines) is 1. The van der Waals surface area contributed by atoms with E-state index >= 15 is 0 Å². The van der Waals surface area contributed by atoms with Gasteiger partial charge in [0.15, 0.2) is 0 Å². The van der Waals surface area contributed by atoms with Crippen molar-refractivity contribution < 1.29 is 4.79 Å². The van der Waals surface area contributed by atoms with Gasteiger partial charge in [-0.05, 0) is 61.9 Å². The average Bonchev–Trinajstić information content (AvgIpc) is 2.83. The number of carbonyl (C=O) groups is 1. The van der Waals surface area contributed by atoms with Crippen LogP contribution in [0.5, 0.6) is 0 Å². The third kappa shape index (κ3) is 6.27. The topological polar surface area (TPSA) is 45.2 Å². The molecule has 1 saturated heterocycles. The Morgan fingerprint density at radius 3 is 2.66 bits per heavy atom. The molecular weight excluding hydrogens is 394 g/mol. The number of pyridine rings is 1. The molecule has 32 heavy (non-hydrogen) atoms. The molecular formula is C28H33N3O. The number of rotatable bonds is 8. The third-order valence-electron chi connectivity index (χ3n) is 6.31. The molecule has 0 saturated carbocycles. The van der Waals surface area contributed by atoms with E-state index in [9.17, 15) is 4.79 Å². The highest BCUT2D eigenvalue weighted by Gasteiger charge is 2.30. The lowest BCUT2D eigenvalue weighted by atomic mass is 9.88. The number of carbonyl (C=O) groups excluding carboxylic acids is 1. The number of benzene rings is 2. The normalized spacial score (nSPS) is 17.6. The predicted octanol–water partition coefficient (Wildman–Crippen LogP) is 5.09. The summed E-state index contributed by atoms with van der Waals surface area (Å²) in [5, 5.41) is 3.34. The van der Waals surface area contributed by atoms with Crippen LogP contribution in [-0.2, 0) is 17.8 Å². The van der Waals surface area contributed by atoms with Gasteiger partial charge in [-0.3, -0.25) is 14.7 Å². The Kier molecular flexibility index (Phi) is 7.68.